The van der Waals surface area contributed by atoms with Gasteiger partial charge in [0.25, 0.3) is 11.6 Å². The van der Waals surface area contributed by atoms with E-state index in [0.29, 0.717) is 0 Å². The number of nitrogens with one attached hydrogen (secondary N) is 1. The highest BCUT2D eigenvalue weighted by atomic mass is 16.6. The van der Waals surface area contributed by atoms with E-state index in [2.05, 4.69) is 16.6 Å². The molecule has 0 aliphatic heterocycles. The fraction of sp³-hybridized carbons (Fsp3) is 0.167. The summed E-state index contributed by atoms with van der Waals surface area (Å²) in [6, 6.07) is 3.49. The van der Waals surface area contributed by atoms with Crippen LogP contribution in [-0.2, 0) is 9.53 Å². The quantitative estimate of drug-likeness (QED) is 0.387. The molecular weight excluding hydrogens is 252 g/mol. The highest BCUT2D eigenvalue weighted by Crippen LogP contribution is 2.23. The largest absolute Gasteiger partial charge is 0.465 e. The molecule has 19 heavy (non-hydrogen) atoms. The minimum atomic E-state index is -0.777. The van der Waals surface area contributed by atoms with Gasteiger partial charge in [0, 0.05) is 17.7 Å². The van der Waals surface area contributed by atoms with Gasteiger partial charge >= 0.3 is 5.97 Å². The monoisotopic (exact) mass is 264 g/mol. The Hall–Kier alpha value is -2.70. The Morgan fingerprint density at radius 3 is 2.53 bits per heavy atom. The van der Waals surface area contributed by atoms with Crippen LogP contribution in [0.25, 0.3) is 0 Å². The number of rotatable bonds is 4. The average Bonchev–Trinajstić information content (AvgIpc) is 2.37. The van der Waals surface area contributed by atoms with Crippen LogP contribution >= 0.6 is 0 Å². The maximum Gasteiger partial charge on any atom is 0.340 e. The van der Waals surface area contributed by atoms with Crippen molar-refractivity contribution in [2.45, 2.75) is 6.92 Å². The third-order valence-corrected chi connectivity index (χ3v) is 2.26. The van der Waals surface area contributed by atoms with Crippen molar-refractivity contribution in [3.05, 3.63) is 46.0 Å². The lowest BCUT2D eigenvalue weighted by Gasteiger charge is -2.09. The summed E-state index contributed by atoms with van der Waals surface area (Å²) in [5, 5.41) is 13.1. The van der Waals surface area contributed by atoms with Crippen molar-refractivity contribution < 1.29 is 19.2 Å². The summed E-state index contributed by atoms with van der Waals surface area (Å²) in [4.78, 5) is 33.1. The summed E-state index contributed by atoms with van der Waals surface area (Å²) in [6.45, 7) is 4.95. The number of esters is 1. The summed E-state index contributed by atoms with van der Waals surface area (Å²) in [5.41, 5.74) is 0.0136. The maximum atomic E-state index is 11.5. The molecule has 0 spiro atoms. The van der Waals surface area contributed by atoms with Gasteiger partial charge in [-0.2, -0.15) is 0 Å². The molecule has 0 unspecified atom stereocenters. The Morgan fingerprint density at radius 1 is 1.42 bits per heavy atom. The van der Waals surface area contributed by atoms with E-state index in [1.165, 1.54) is 19.1 Å². The molecule has 0 saturated heterocycles. The summed E-state index contributed by atoms with van der Waals surface area (Å²) in [6.07, 6.45) is 0. The molecule has 1 aromatic carbocycles. The Kier molecular flexibility index (Phi) is 4.36. The zero-order valence-electron chi connectivity index (χ0n) is 10.4. The molecule has 0 saturated carbocycles. The standard InChI is InChI=1S/C12H12N2O5/c1-7(2)11(15)13-10-5-4-8(14(17)18)6-9(10)12(16)19-3/h4-6H,1H2,2-3H3,(H,13,15). The van der Waals surface area contributed by atoms with Crippen LogP contribution < -0.4 is 5.32 Å². The first-order valence-electron chi connectivity index (χ1n) is 5.20. The fourth-order valence-corrected chi connectivity index (χ4v) is 1.26. The van der Waals surface area contributed by atoms with Gasteiger partial charge in [-0.05, 0) is 13.0 Å². The highest BCUT2D eigenvalue weighted by Gasteiger charge is 2.18. The fourth-order valence-electron chi connectivity index (χ4n) is 1.26. The number of nitro benzene ring substituents is 1. The van der Waals surface area contributed by atoms with E-state index >= 15 is 0 Å². The minimum absolute atomic E-state index is 0.0914. The molecule has 0 radical (unpaired) electrons. The normalized spacial score (nSPS) is 9.58. The predicted octanol–water partition coefficient (Wildman–Crippen LogP) is 1.90. The number of hydrogen-bond acceptors (Lipinski definition) is 5. The molecule has 7 nitrogen and oxygen atoms in total. The van der Waals surface area contributed by atoms with Crippen LogP contribution in [0.2, 0.25) is 0 Å². The zero-order chi connectivity index (χ0) is 14.6. The first kappa shape index (κ1) is 14.4. The number of non-ortho nitro benzene ring substituents is 1. The second kappa shape index (κ2) is 5.76. The van der Waals surface area contributed by atoms with Gasteiger partial charge in [0.1, 0.15) is 0 Å². The molecule has 0 bridgehead atoms. The average molecular weight is 264 g/mol. The van der Waals surface area contributed by atoms with E-state index in [1.54, 1.807) is 0 Å². The lowest BCUT2D eigenvalue weighted by Crippen LogP contribution is -2.15. The minimum Gasteiger partial charge on any atom is -0.465 e. The molecule has 1 amide bonds. The summed E-state index contributed by atoms with van der Waals surface area (Å²) >= 11 is 0. The van der Waals surface area contributed by atoms with Gasteiger partial charge in [0.2, 0.25) is 0 Å². The third-order valence-electron chi connectivity index (χ3n) is 2.26. The number of nitrogens with zero attached hydrogens (tertiary/aromatic N) is 1. The summed E-state index contributed by atoms with van der Waals surface area (Å²) in [7, 11) is 1.14. The number of benzene rings is 1. The Bertz CT molecular complexity index is 565. The number of ether oxygens (including phenoxy) is 1. The van der Waals surface area contributed by atoms with Crippen LogP contribution in [0.4, 0.5) is 11.4 Å². The van der Waals surface area contributed by atoms with Crippen LogP contribution in [0.5, 0.6) is 0 Å². The molecular formula is C12H12N2O5. The number of nitro groups is 1. The van der Waals surface area contributed by atoms with Crippen molar-refractivity contribution in [1.29, 1.82) is 0 Å². The second-order valence-electron chi connectivity index (χ2n) is 3.71. The molecule has 0 aromatic heterocycles. The topological polar surface area (TPSA) is 98.5 Å². The zero-order valence-corrected chi connectivity index (χ0v) is 10.4. The first-order valence-corrected chi connectivity index (χ1v) is 5.20. The second-order valence-corrected chi connectivity index (χ2v) is 3.71. The van der Waals surface area contributed by atoms with Gasteiger partial charge < -0.3 is 10.1 Å². The van der Waals surface area contributed by atoms with Crippen molar-refractivity contribution in [2.24, 2.45) is 0 Å². The Labute approximate surface area is 109 Å². The van der Waals surface area contributed by atoms with Gasteiger partial charge in [0.15, 0.2) is 0 Å². The van der Waals surface area contributed by atoms with E-state index in [4.69, 9.17) is 0 Å². The van der Waals surface area contributed by atoms with E-state index in [0.717, 1.165) is 13.2 Å². The van der Waals surface area contributed by atoms with Gasteiger partial charge in [-0.15, -0.1) is 0 Å². The lowest BCUT2D eigenvalue weighted by atomic mass is 10.1. The highest BCUT2D eigenvalue weighted by molar-refractivity contribution is 6.07. The van der Waals surface area contributed by atoms with E-state index in [9.17, 15) is 19.7 Å². The molecule has 1 rings (SSSR count). The van der Waals surface area contributed by atoms with E-state index in [1.807, 2.05) is 0 Å². The first-order chi connectivity index (χ1) is 8.86. The number of methoxy groups -OCH3 is 1. The van der Waals surface area contributed by atoms with Crippen molar-refractivity contribution in [3.63, 3.8) is 0 Å². The van der Waals surface area contributed by atoms with E-state index in [-0.39, 0.29) is 22.5 Å². The van der Waals surface area contributed by atoms with Crippen molar-refractivity contribution in [3.8, 4) is 0 Å². The predicted molar refractivity (Wildman–Crippen MR) is 67.9 cm³/mol. The Morgan fingerprint density at radius 2 is 2.05 bits per heavy atom. The summed E-state index contributed by atoms with van der Waals surface area (Å²) < 4.78 is 4.52. The van der Waals surface area contributed by atoms with Crippen LogP contribution in [0.15, 0.2) is 30.4 Å². The number of carbonyl (C=O) groups is 2. The van der Waals surface area contributed by atoms with Gasteiger partial charge in [-0.1, -0.05) is 6.58 Å². The number of hydrogen-bond donors (Lipinski definition) is 1. The molecule has 100 valence electrons. The lowest BCUT2D eigenvalue weighted by molar-refractivity contribution is -0.384. The molecule has 1 N–H and O–H groups in total. The van der Waals surface area contributed by atoms with Crippen LogP contribution in [0.3, 0.4) is 0 Å². The molecule has 0 heterocycles. The third kappa shape index (κ3) is 3.38. The van der Waals surface area contributed by atoms with Crippen LogP contribution in [0.1, 0.15) is 17.3 Å². The van der Waals surface area contributed by atoms with Crippen molar-refractivity contribution in [2.75, 3.05) is 12.4 Å². The number of anilines is 1. The van der Waals surface area contributed by atoms with Gasteiger partial charge in [0.05, 0.1) is 23.3 Å². The molecule has 7 heteroatoms. The molecule has 0 aliphatic carbocycles. The molecule has 1 aromatic rings. The molecule has 0 fully saturated rings. The van der Waals surface area contributed by atoms with E-state index < -0.39 is 16.8 Å². The Balaban J connectivity index is 3.23. The van der Waals surface area contributed by atoms with Crippen molar-refractivity contribution in [1.82, 2.24) is 0 Å². The SMILES string of the molecule is C=C(C)C(=O)Nc1ccc([N+](=O)[O-])cc1C(=O)OC. The van der Waals surface area contributed by atoms with Crippen LogP contribution in [0, 0.1) is 10.1 Å². The molecule has 0 atom stereocenters. The summed E-state index contributed by atoms with van der Waals surface area (Å²) in [5.74, 6) is -1.26. The van der Waals surface area contributed by atoms with Gasteiger partial charge in [-0.25, -0.2) is 4.79 Å². The number of carbonyl (C=O) groups excluding carboxylic acids is 2. The smallest absolute Gasteiger partial charge is 0.340 e. The van der Waals surface area contributed by atoms with Gasteiger partial charge in [-0.3, -0.25) is 14.9 Å². The van der Waals surface area contributed by atoms with Crippen LogP contribution in [-0.4, -0.2) is 23.9 Å². The number of amides is 1. The van der Waals surface area contributed by atoms with Crippen molar-refractivity contribution >= 4 is 23.3 Å². The maximum absolute atomic E-state index is 11.5. The molecule has 0 aliphatic rings.